The van der Waals surface area contributed by atoms with Crippen molar-refractivity contribution in [3.8, 4) is 22.3 Å². The van der Waals surface area contributed by atoms with Crippen molar-refractivity contribution < 1.29 is 4.42 Å². The summed E-state index contributed by atoms with van der Waals surface area (Å²) in [6.07, 6.45) is 0. The lowest BCUT2D eigenvalue weighted by Crippen LogP contribution is -2.53. The van der Waals surface area contributed by atoms with Crippen LogP contribution in [0.1, 0.15) is 0 Å². The monoisotopic (exact) mass is 670 g/mol. The van der Waals surface area contributed by atoms with Crippen LogP contribution in [-0.2, 0) is 0 Å². The van der Waals surface area contributed by atoms with Gasteiger partial charge < -0.3 is 4.42 Å². The SMILES string of the molecule is [B]c1c([B])c([B])c2c(-c3c4c([B])c([B])c([B])c([B])c4c(-c4ccc5oc6ccc7ccccc7c6c5c4)c4c([B])c([B])c([B])c([B])c34)c([B])c([B])c([B])c2c1[B]. The fourth-order valence-corrected chi connectivity index (χ4v) is 8.36. The summed E-state index contributed by atoms with van der Waals surface area (Å²) in [5.74, 6) is 0. The summed E-state index contributed by atoms with van der Waals surface area (Å²) in [5.41, 5.74) is 2.98. The Kier molecular flexibility index (Phi) is 8.49. The molecule has 0 fully saturated rings. The van der Waals surface area contributed by atoms with Gasteiger partial charge in [-0.2, -0.15) is 0 Å². The van der Waals surface area contributed by atoms with Crippen LogP contribution in [0.4, 0.5) is 0 Å². The molecular formula is C40H9B15O. The van der Waals surface area contributed by atoms with Gasteiger partial charge in [-0.1, -0.05) is 80.1 Å². The van der Waals surface area contributed by atoms with Gasteiger partial charge >= 0.3 is 0 Å². The third kappa shape index (κ3) is 4.77. The Morgan fingerprint density at radius 3 is 1.21 bits per heavy atom. The zero-order valence-electron chi connectivity index (χ0n) is 29.8. The van der Waals surface area contributed by atoms with E-state index in [2.05, 4.69) is 0 Å². The minimum atomic E-state index is -0.0393. The lowest BCUT2D eigenvalue weighted by molar-refractivity contribution is 0.669. The number of fused-ring (bicyclic) bond motifs is 8. The molecule has 16 heteroatoms. The maximum Gasteiger partial charge on any atom is 0.136 e. The maximum atomic E-state index is 7.02. The molecule has 0 atom stereocenters. The van der Waals surface area contributed by atoms with E-state index in [1.54, 1.807) is 0 Å². The molecule has 56 heavy (non-hydrogen) atoms. The standard InChI is InChI=1S/C40H9B15O/c41-26-19-16(11-6-7-14-13(9-11)17-12-4-2-1-3-10(12)5-8-15(17)56-14)20-22(30(45)38(53)36(51)27(20)42)18(21(19)29(44)37(52)35(26)50)23-24-25(32(47)34(49)28(23)43)33(48)40(55)39(54)31(24)46/h1-9H. The van der Waals surface area contributed by atoms with Crippen LogP contribution in [0.15, 0.2) is 59.0 Å². The number of benzene rings is 8. The molecule has 9 rings (SSSR count). The Morgan fingerprint density at radius 1 is 0.286 bits per heavy atom. The highest BCUT2D eigenvalue weighted by Crippen LogP contribution is 2.43. The van der Waals surface area contributed by atoms with Crippen molar-refractivity contribution in [3.63, 3.8) is 0 Å². The van der Waals surface area contributed by atoms with Gasteiger partial charge in [0.15, 0.2) is 0 Å². The van der Waals surface area contributed by atoms with E-state index >= 15 is 0 Å². The smallest absolute Gasteiger partial charge is 0.136 e. The molecule has 0 saturated heterocycles. The first-order chi connectivity index (χ1) is 26.6. The van der Waals surface area contributed by atoms with E-state index in [1.807, 2.05) is 54.6 Å². The van der Waals surface area contributed by atoms with Crippen LogP contribution < -0.4 is 81.9 Å². The van der Waals surface area contributed by atoms with E-state index in [0.29, 0.717) is 33.1 Å². The third-order valence-electron chi connectivity index (χ3n) is 11.2. The van der Waals surface area contributed by atoms with Gasteiger partial charge in [0.05, 0.1) is 0 Å². The number of hydrogen-bond acceptors (Lipinski definition) is 1. The molecule has 1 aromatic heterocycles. The Bertz CT molecular complexity index is 3220. The second kappa shape index (κ2) is 12.8. The first kappa shape index (κ1) is 37.2. The van der Waals surface area contributed by atoms with Crippen molar-refractivity contribution in [2.75, 3.05) is 0 Å². The molecule has 30 radical (unpaired) electrons. The second-order valence-corrected chi connectivity index (χ2v) is 14.1. The van der Waals surface area contributed by atoms with Crippen molar-refractivity contribution in [2.45, 2.75) is 0 Å². The number of rotatable bonds is 2. The van der Waals surface area contributed by atoms with E-state index in [-0.39, 0.29) is 115 Å². The lowest BCUT2D eigenvalue weighted by Gasteiger charge is -2.31. The largest absolute Gasteiger partial charge is 0.456 e. The molecule has 0 saturated carbocycles. The molecule has 1 nitrogen and oxygen atoms in total. The quantitative estimate of drug-likeness (QED) is 0.132. The summed E-state index contributed by atoms with van der Waals surface area (Å²) in [5, 5.41) is 5.33. The summed E-state index contributed by atoms with van der Waals surface area (Å²) in [4.78, 5) is 0. The van der Waals surface area contributed by atoms with Crippen LogP contribution in [-0.4, -0.2) is 118 Å². The normalized spacial score (nSPS) is 11.9. The summed E-state index contributed by atoms with van der Waals surface area (Å²) < 4.78 is 6.33. The van der Waals surface area contributed by atoms with E-state index in [9.17, 15) is 0 Å². The average Bonchev–Trinajstić information content (AvgIpc) is 3.58. The molecular weight excluding hydrogens is 659 g/mol. The lowest BCUT2D eigenvalue weighted by atomic mass is 9.56. The molecule has 0 spiro atoms. The Morgan fingerprint density at radius 2 is 0.696 bits per heavy atom. The molecule has 0 aliphatic heterocycles. The van der Waals surface area contributed by atoms with Crippen LogP contribution >= 0.6 is 0 Å². The van der Waals surface area contributed by atoms with E-state index in [1.165, 1.54) is 0 Å². The van der Waals surface area contributed by atoms with Gasteiger partial charge in [-0.15, -0.1) is 38.2 Å². The fourth-order valence-electron chi connectivity index (χ4n) is 8.36. The van der Waals surface area contributed by atoms with Gasteiger partial charge in [0.2, 0.25) is 0 Å². The highest BCUT2D eigenvalue weighted by Gasteiger charge is 2.28. The molecule has 220 valence electrons. The molecule has 0 aliphatic carbocycles. The first-order valence-electron chi connectivity index (χ1n) is 17.2. The predicted molar refractivity (Wildman–Crippen MR) is 255 cm³/mol. The first-order valence-corrected chi connectivity index (χ1v) is 17.2. The highest BCUT2D eigenvalue weighted by molar-refractivity contribution is 6.75. The zero-order chi connectivity index (χ0) is 40.0. The molecule has 0 bridgehead atoms. The summed E-state index contributed by atoms with van der Waals surface area (Å²) in [6, 6.07) is 17.7. The number of furan rings is 1. The van der Waals surface area contributed by atoms with Crippen LogP contribution in [0, 0.1) is 0 Å². The van der Waals surface area contributed by atoms with Gasteiger partial charge in [-0.25, -0.2) is 0 Å². The molecule has 0 aliphatic rings. The highest BCUT2D eigenvalue weighted by atomic mass is 16.3. The summed E-state index contributed by atoms with van der Waals surface area (Å²) in [7, 11) is 101. The van der Waals surface area contributed by atoms with Gasteiger partial charge in [-0.05, 0) is 83.5 Å². The minimum absolute atomic E-state index is 0.0000822. The average molecular weight is 668 g/mol. The van der Waals surface area contributed by atoms with Gasteiger partial charge in [0, 0.05) is 10.8 Å². The molecule has 8 aromatic carbocycles. The van der Waals surface area contributed by atoms with E-state index in [4.69, 9.17) is 122 Å². The second-order valence-electron chi connectivity index (χ2n) is 14.1. The van der Waals surface area contributed by atoms with Crippen molar-refractivity contribution in [1.82, 2.24) is 0 Å². The molecule has 0 amide bonds. The fraction of sp³-hybridized carbons (Fsp3) is 0. The Hall–Kier alpha value is -4.43. The number of hydrogen-bond donors (Lipinski definition) is 0. The molecule has 9 aromatic rings. The van der Waals surface area contributed by atoms with Crippen LogP contribution in [0.25, 0.3) is 87.3 Å². The van der Waals surface area contributed by atoms with E-state index < -0.39 is 0 Å². The van der Waals surface area contributed by atoms with E-state index in [0.717, 1.165) is 21.5 Å². The van der Waals surface area contributed by atoms with Crippen molar-refractivity contribution in [1.29, 1.82) is 0 Å². The predicted octanol–water partition coefficient (Wildman–Crippen LogP) is -6.56. The Balaban J connectivity index is 1.61. The van der Waals surface area contributed by atoms with Crippen molar-refractivity contribution in [3.05, 3.63) is 54.6 Å². The molecule has 0 N–H and O–H groups in total. The van der Waals surface area contributed by atoms with Crippen LogP contribution in [0.5, 0.6) is 0 Å². The topological polar surface area (TPSA) is 13.1 Å². The van der Waals surface area contributed by atoms with Crippen molar-refractivity contribution >= 4 is 265 Å². The summed E-state index contributed by atoms with van der Waals surface area (Å²) in [6.45, 7) is 0. The van der Waals surface area contributed by atoms with Crippen LogP contribution in [0.2, 0.25) is 0 Å². The minimum Gasteiger partial charge on any atom is -0.456 e. The summed E-state index contributed by atoms with van der Waals surface area (Å²) >= 11 is 0. The molecule has 1 heterocycles. The van der Waals surface area contributed by atoms with Gasteiger partial charge in [0.25, 0.3) is 0 Å². The zero-order valence-corrected chi connectivity index (χ0v) is 29.8. The maximum absolute atomic E-state index is 7.02. The molecule has 0 unspecified atom stereocenters. The van der Waals surface area contributed by atoms with Gasteiger partial charge in [0.1, 0.15) is 129 Å². The van der Waals surface area contributed by atoms with Gasteiger partial charge in [-0.3, -0.25) is 0 Å². The Labute approximate surface area is 344 Å². The van der Waals surface area contributed by atoms with Crippen LogP contribution in [0.3, 0.4) is 0 Å². The third-order valence-corrected chi connectivity index (χ3v) is 11.2. The van der Waals surface area contributed by atoms with Crippen molar-refractivity contribution in [2.24, 2.45) is 0 Å².